The number of fused-ring (bicyclic) bond motifs is 4. The second-order valence-corrected chi connectivity index (χ2v) is 6.24. The molecule has 4 heteroatoms. The van der Waals surface area contributed by atoms with Crippen molar-refractivity contribution in [3.8, 4) is 0 Å². The average molecular weight is 412 g/mol. The zero-order chi connectivity index (χ0) is 13.0. The van der Waals surface area contributed by atoms with E-state index in [1.165, 1.54) is 31.2 Å². The van der Waals surface area contributed by atoms with E-state index in [4.69, 9.17) is 11.6 Å². The molecular formula is C16H11ClINS. The van der Waals surface area contributed by atoms with Crippen LogP contribution < -0.4 is 28.5 Å². The number of hydrogen-bond acceptors (Lipinski definition) is 1. The van der Waals surface area contributed by atoms with Gasteiger partial charge in [0.25, 0.3) is 0 Å². The molecular weight excluding hydrogens is 401 g/mol. The lowest BCUT2D eigenvalue weighted by Crippen LogP contribution is -3.00. The topological polar surface area (TPSA) is 3.88 Å². The Morgan fingerprint density at radius 3 is 2.65 bits per heavy atom. The lowest BCUT2D eigenvalue weighted by molar-refractivity contribution is -0.616. The van der Waals surface area contributed by atoms with Crippen molar-refractivity contribution >= 4 is 54.1 Å². The maximum Gasteiger partial charge on any atom is 0.231 e. The standard InChI is InChI=1S/C16H11ClNS.HI/c1-18-13-7-6-11(17)8-10(13)9-15-16(18)12-4-2-3-5-14(12)19-15;/h2-9H,1H3;1H/q+1;/p-1. The molecule has 100 valence electrons. The second kappa shape index (κ2) is 5.13. The van der Waals surface area contributed by atoms with Crippen molar-refractivity contribution < 1.29 is 28.5 Å². The van der Waals surface area contributed by atoms with Gasteiger partial charge in [-0.15, -0.1) is 11.3 Å². The Kier molecular flexibility index (Phi) is 3.60. The Hall–Kier alpha value is -0.910. The number of halogens is 2. The third-order valence-electron chi connectivity index (χ3n) is 3.57. The molecule has 0 spiro atoms. The number of rotatable bonds is 0. The smallest absolute Gasteiger partial charge is 0.231 e. The molecule has 0 aliphatic carbocycles. The van der Waals surface area contributed by atoms with E-state index < -0.39 is 0 Å². The fourth-order valence-corrected chi connectivity index (χ4v) is 4.07. The van der Waals surface area contributed by atoms with E-state index in [-0.39, 0.29) is 24.0 Å². The molecule has 0 atom stereocenters. The molecule has 1 nitrogen and oxygen atoms in total. The number of nitrogens with zero attached hydrogens (tertiary/aromatic N) is 1. The molecule has 0 saturated heterocycles. The molecule has 0 saturated carbocycles. The summed E-state index contributed by atoms with van der Waals surface area (Å²) < 4.78 is 4.90. The zero-order valence-corrected chi connectivity index (χ0v) is 14.5. The first-order chi connectivity index (χ1) is 9.24. The minimum atomic E-state index is 0. The predicted molar refractivity (Wildman–Crippen MR) is 83.0 cm³/mol. The Labute approximate surface area is 142 Å². The van der Waals surface area contributed by atoms with E-state index in [9.17, 15) is 0 Å². The van der Waals surface area contributed by atoms with Gasteiger partial charge in [0.15, 0.2) is 0 Å². The SMILES string of the molecule is C[n+]1c2ccc(Cl)cc2cc2sc3ccccc3c21.[I-]. The molecule has 0 amide bonds. The van der Waals surface area contributed by atoms with Gasteiger partial charge < -0.3 is 24.0 Å². The van der Waals surface area contributed by atoms with Crippen LogP contribution in [0.2, 0.25) is 5.02 Å². The number of benzene rings is 2. The van der Waals surface area contributed by atoms with Crippen LogP contribution in [0, 0.1) is 0 Å². The Bertz CT molecular complexity index is 945. The van der Waals surface area contributed by atoms with Gasteiger partial charge in [-0.05, 0) is 30.3 Å². The van der Waals surface area contributed by atoms with E-state index in [0.29, 0.717) is 0 Å². The highest BCUT2D eigenvalue weighted by molar-refractivity contribution is 7.25. The Balaban J connectivity index is 0.00000121. The van der Waals surface area contributed by atoms with Crippen LogP contribution in [-0.4, -0.2) is 0 Å². The van der Waals surface area contributed by atoms with Gasteiger partial charge in [-0.2, -0.15) is 4.57 Å². The molecule has 0 aliphatic rings. The van der Waals surface area contributed by atoms with E-state index in [2.05, 4.69) is 48.0 Å². The first-order valence-electron chi connectivity index (χ1n) is 6.13. The van der Waals surface area contributed by atoms with Gasteiger partial charge >= 0.3 is 0 Å². The van der Waals surface area contributed by atoms with Gasteiger partial charge in [-0.3, -0.25) is 0 Å². The molecule has 4 rings (SSSR count). The highest BCUT2D eigenvalue weighted by Gasteiger charge is 2.17. The molecule has 2 aromatic heterocycles. The van der Waals surface area contributed by atoms with Crippen LogP contribution in [-0.2, 0) is 7.05 Å². The van der Waals surface area contributed by atoms with Crippen LogP contribution in [0.3, 0.4) is 0 Å². The van der Waals surface area contributed by atoms with Gasteiger partial charge in [-0.25, -0.2) is 0 Å². The van der Waals surface area contributed by atoms with E-state index in [1.54, 1.807) is 0 Å². The van der Waals surface area contributed by atoms with Crippen LogP contribution in [0.5, 0.6) is 0 Å². The summed E-state index contributed by atoms with van der Waals surface area (Å²) in [5.74, 6) is 0. The highest BCUT2D eigenvalue weighted by Crippen LogP contribution is 2.33. The van der Waals surface area contributed by atoms with Gasteiger partial charge in [-0.1, -0.05) is 23.7 Å². The number of thiophene rings is 1. The minimum Gasteiger partial charge on any atom is -1.00 e. The third kappa shape index (κ3) is 2.00. The van der Waals surface area contributed by atoms with Crippen molar-refractivity contribution in [3.05, 3.63) is 53.6 Å². The van der Waals surface area contributed by atoms with Crippen molar-refractivity contribution in [1.82, 2.24) is 0 Å². The van der Waals surface area contributed by atoms with Gasteiger partial charge in [0.2, 0.25) is 11.0 Å². The summed E-state index contributed by atoms with van der Waals surface area (Å²) in [6, 6.07) is 16.9. The molecule has 0 bridgehead atoms. The first kappa shape index (κ1) is 14.0. The summed E-state index contributed by atoms with van der Waals surface area (Å²) in [5, 5.41) is 3.30. The van der Waals surface area contributed by atoms with Crippen molar-refractivity contribution in [2.24, 2.45) is 7.05 Å². The quantitative estimate of drug-likeness (QED) is 0.306. The summed E-state index contributed by atoms with van der Waals surface area (Å²) in [6.45, 7) is 0. The zero-order valence-electron chi connectivity index (χ0n) is 10.7. The van der Waals surface area contributed by atoms with Gasteiger partial charge in [0, 0.05) is 21.2 Å². The highest BCUT2D eigenvalue weighted by atomic mass is 127. The molecule has 0 radical (unpaired) electrons. The molecule has 4 aromatic rings. The molecule has 20 heavy (non-hydrogen) atoms. The largest absolute Gasteiger partial charge is 1.00 e. The monoisotopic (exact) mass is 411 g/mol. The fraction of sp³-hybridized carbons (Fsp3) is 0.0625. The van der Waals surface area contributed by atoms with Crippen LogP contribution in [0.1, 0.15) is 0 Å². The number of pyridine rings is 1. The predicted octanol–water partition coefficient (Wildman–Crippen LogP) is 1.69. The van der Waals surface area contributed by atoms with Crippen molar-refractivity contribution in [2.75, 3.05) is 0 Å². The van der Waals surface area contributed by atoms with Crippen LogP contribution in [0.4, 0.5) is 0 Å². The summed E-state index contributed by atoms with van der Waals surface area (Å²) in [6.07, 6.45) is 0. The molecule has 0 unspecified atom stereocenters. The van der Waals surface area contributed by atoms with Crippen LogP contribution in [0.15, 0.2) is 48.5 Å². The summed E-state index contributed by atoms with van der Waals surface area (Å²) >= 11 is 7.93. The molecule has 0 aliphatic heterocycles. The average Bonchev–Trinajstić information content (AvgIpc) is 2.76. The normalized spacial score (nSPS) is 11.1. The lowest BCUT2D eigenvalue weighted by Gasteiger charge is -1.99. The van der Waals surface area contributed by atoms with E-state index in [1.807, 2.05) is 23.5 Å². The second-order valence-electron chi connectivity index (χ2n) is 4.72. The van der Waals surface area contributed by atoms with Gasteiger partial charge in [0.05, 0.1) is 5.39 Å². The summed E-state index contributed by atoms with van der Waals surface area (Å²) in [7, 11) is 2.12. The lowest BCUT2D eigenvalue weighted by atomic mass is 10.1. The van der Waals surface area contributed by atoms with Crippen LogP contribution in [0.25, 0.3) is 31.2 Å². The Morgan fingerprint density at radius 1 is 1.00 bits per heavy atom. The third-order valence-corrected chi connectivity index (χ3v) is 4.91. The van der Waals surface area contributed by atoms with Crippen molar-refractivity contribution in [2.45, 2.75) is 0 Å². The summed E-state index contributed by atoms with van der Waals surface area (Å²) in [5.41, 5.74) is 2.51. The first-order valence-corrected chi connectivity index (χ1v) is 7.33. The number of aryl methyl sites for hydroxylation is 1. The molecule has 0 N–H and O–H groups in total. The van der Waals surface area contributed by atoms with Crippen molar-refractivity contribution in [3.63, 3.8) is 0 Å². The van der Waals surface area contributed by atoms with Crippen molar-refractivity contribution in [1.29, 1.82) is 0 Å². The number of hydrogen-bond donors (Lipinski definition) is 0. The minimum absolute atomic E-state index is 0. The van der Waals surface area contributed by atoms with E-state index in [0.717, 1.165) is 5.02 Å². The van der Waals surface area contributed by atoms with Crippen LogP contribution >= 0.6 is 22.9 Å². The molecule has 0 fully saturated rings. The van der Waals surface area contributed by atoms with Gasteiger partial charge in [0.1, 0.15) is 11.7 Å². The fourth-order valence-electron chi connectivity index (χ4n) is 2.70. The molecule has 2 heterocycles. The number of aromatic nitrogens is 1. The molecule has 2 aromatic carbocycles. The maximum absolute atomic E-state index is 6.10. The maximum atomic E-state index is 6.10. The Morgan fingerprint density at radius 2 is 1.80 bits per heavy atom. The van der Waals surface area contributed by atoms with E-state index >= 15 is 0 Å². The summed E-state index contributed by atoms with van der Waals surface area (Å²) in [4.78, 5) is 0.